The van der Waals surface area contributed by atoms with Crippen molar-refractivity contribution in [1.82, 2.24) is 4.90 Å². The number of nitrogens with zero attached hydrogens (tertiary/aromatic N) is 1. The number of nitrogens with one attached hydrogen (secondary N) is 1. The maximum absolute atomic E-state index is 12.1. The fourth-order valence-electron chi connectivity index (χ4n) is 2.48. The highest BCUT2D eigenvalue weighted by Crippen LogP contribution is 2.23. The number of aldehydes is 1. The predicted molar refractivity (Wildman–Crippen MR) is 80.0 cm³/mol. The predicted octanol–water partition coefficient (Wildman–Crippen LogP) is 2.50. The van der Waals surface area contributed by atoms with Crippen LogP contribution in [0.3, 0.4) is 0 Å². The van der Waals surface area contributed by atoms with Gasteiger partial charge in [-0.2, -0.15) is 0 Å². The van der Waals surface area contributed by atoms with Gasteiger partial charge in [0.25, 0.3) is 0 Å². The lowest BCUT2D eigenvalue weighted by Gasteiger charge is -2.29. The van der Waals surface area contributed by atoms with Crippen LogP contribution in [0.25, 0.3) is 0 Å². The van der Waals surface area contributed by atoms with E-state index in [1.165, 1.54) is 0 Å². The number of halogens is 1. The molecule has 1 fully saturated rings. The number of piperidine rings is 1. The normalized spacial score (nSPS) is 19.6. The van der Waals surface area contributed by atoms with E-state index in [1.807, 2.05) is 24.0 Å². The molecule has 1 unspecified atom stereocenters. The molecule has 1 heterocycles. The van der Waals surface area contributed by atoms with Crippen molar-refractivity contribution in [2.75, 3.05) is 25.0 Å². The average molecular weight is 295 g/mol. The number of carbonyl (C=O) groups excluding carboxylic acids is 2. The van der Waals surface area contributed by atoms with Crippen LogP contribution in [0.5, 0.6) is 0 Å². The van der Waals surface area contributed by atoms with Gasteiger partial charge in [0.2, 0.25) is 5.91 Å². The SMILES string of the molecule is Cc1c(Cl)cccc1NC(=O)CN1CCCC(C=O)C1. The second-order valence-electron chi connectivity index (χ2n) is 5.23. The molecule has 1 amide bonds. The van der Waals surface area contributed by atoms with Gasteiger partial charge in [-0.1, -0.05) is 17.7 Å². The molecule has 20 heavy (non-hydrogen) atoms. The van der Waals surface area contributed by atoms with Crippen LogP contribution in [-0.2, 0) is 9.59 Å². The third-order valence-electron chi connectivity index (χ3n) is 3.64. The van der Waals surface area contributed by atoms with Gasteiger partial charge in [0.15, 0.2) is 0 Å². The van der Waals surface area contributed by atoms with Crippen molar-refractivity contribution < 1.29 is 9.59 Å². The van der Waals surface area contributed by atoms with Crippen molar-refractivity contribution in [3.05, 3.63) is 28.8 Å². The Labute approximate surface area is 124 Å². The number of amides is 1. The molecule has 0 bridgehead atoms. The molecule has 0 aliphatic carbocycles. The molecule has 1 aromatic carbocycles. The number of carbonyl (C=O) groups is 2. The Morgan fingerprint density at radius 3 is 3.10 bits per heavy atom. The molecule has 1 aromatic rings. The molecule has 0 radical (unpaired) electrons. The number of hydrogen-bond donors (Lipinski definition) is 1. The quantitative estimate of drug-likeness (QED) is 0.868. The van der Waals surface area contributed by atoms with Gasteiger partial charge in [-0.15, -0.1) is 0 Å². The maximum atomic E-state index is 12.1. The van der Waals surface area contributed by atoms with Gasteiger partial charge in [0.1, 0.15) is 6.29 Å². The summed E-state index contributed by atoms with van der Waals surface area (Å²) in [5.41, 5.74) is 1.61. The maximum Gasteiger partial charge on any atom is 0.238 e. The zero-order chi connectivity index (χ0) is 14.5. The molecule has 4 nitrogen and oxygen atoms in total. The highest BCUT2D eigenvalue weighted by atomic mass is 35.5. The van der Waals surface area contributed by atoms with E-state index in [4.69, 9.17) is 11.6 Å². The number of rotatable bonds is 4. The van der Waals surface area contributed by atoms with Crippen molar-refractivity contribution in [2.24, 2.45) is 5.92 Å². The average Bonchev–Trinajstić information content (AvgIpc) is 2.44. The molecule has 1 atom stereocenters. The molecule has 1 N–H and O–H groups in total. The molecule has 1 aliphatic rings. The van der Waals surface area contributed by atoms with Crippen molar-refractivity contribution in [3.63, 3.8) is 0 Å². The molecular formula is C15H19ClN2O2. The van der Waals surface area contributed by atoms with Crippen molar-refractivity contribution in [2.45, 2.75) is 19.8 Å². The van der Waals surface area contributed by atoms with Crippen LogP contribution in [0.15, 0.2) is 18.2 Å². The minimum absolute atomic E-state index is 0.0597. The first kappa shape index (κ1) is 15.0. The summed E-state index contributed by atoms with van der Waals surface area (Å²) in [7, 11) is 0. The van der Waals surface area contributed by atoms with Gasteiger partial charge < -0.3 is 10.1 Å². The summed E-state index contributed by atoms with van der Waals surface area (Å²) in [5, 5.41) is 3.52. The van der Waals surface area contributed by atoms with Crippen LogP contribution < -0.4 is 5.32 Å². The molecule has 5 heteroatoms. The molecule has 108 valence electrons. The Hall–Kier alpha value is -1.39. The van der Waals surface area contributed by atoms with Gasteiger partial charge in [-0.25, -0.2) is 0 Å². The first-order valence-electron chi connectivity index (χ1n) is 6.82. The lowest BCUT2D eigenvalue weighted by Crippen LogP contribution is -2.40. The Bertz CT molecular complexity index is 505. The number of likely N-dealkylation sites (tertiary alicyclic amines) is 1. The second kappa shape index (κ2) is 6.86. The monoisotopic (exact) mass is 294 g/mol. The number of hydrogen-bond acceptors (Lipinski definition) is 3. The number of benzene rings is 1. The van der Waals surface area contributed by atoms with E-state index in [1.54, 1.807) is 6.07 Å². The Morgan fingerprint density at radius 2 is 2.35 bits per heavy atom. The van der Waals surface area contributed by atoms with Gasteiger partial charge in [-0.3, -0.25) is 9.69 Å². The van der Waals surface area contributed by atoms with E-state index in [0.717, 1.165) is 36.9 Å². The molecule has 0 spiro atoms. The van der Waals surface area contributed by atoms with Gasteiger partial charge in [-0.05, 0) is 44.0 Å². The van der Waals surface area contributed by atoms with E-state index in [-0.39, 0.29) is 11.8 Å². The van der Waals surface area contributed by atoms with E-state index in [2.05, 4.69) is 5.32 Å². The third kappa shape index (κ3) is 3.81. The van der Waals surface area contributed by atoms with Crippen LogP contribution in [0.2, 0.25) is 5.02 Å². The van der Waals surface area contributed by atoms with Gasteiger partial charge >= 0.3 is 0 Å². The summed E-state index contributed by atoms with van der Waals surface area (Å²) in [6.45, 7) is 3.73. The molecule has 0 saturated carbocycles. The Kier molecular flexibility index (Phi) is 5.15. The summed E-state index contributed by atoms with van der Waals surface area (Å²) in [5.74, 6) is -0.00799. The Balaban J connectivity index is 1.92. The van der Waals surface area contributed by atoms with Crippen LogP contribution in [-0.4, -0.2) is 36.7 Å². The fourth-order valence-corrected chi connectivity index (χ4v) is 2.66. The van der Waals surface area contributed by atoms with Crippen LogP contribution in [0.1, 0.15) is 18.4 Å². The largest absolute Gasteiger partial charge is 0.325 e. The van der Waals surface area contributed by atoms with E-state index in [9.17, 15) is 9.59 Å². The zero-order valence-electron chi connectivity index (χ0n) is 11.6. The molecule has 1 aliphatic heterocycles. The third-order valence-corrected chi connectivity index (χ3v) is 4.05. The summed E-state index contributed by atoms with van der Waals surface area (Å²) < 4.78 is 0. The van der Waals surface area contributed by atoms with Crippen LogP contribution in [0.4, 0.5) is 5.69 Å². The highest BCUT2D eigenvalue weighted by Gasteiger charge is 2.21. The molecule has 2 rings (SSSR count). The van der Waals surface area contributed by atoms with E-state index < -0.39 is 0 Å². The fraction of sp³-hybridized carbons (Fsp3) is 0.467. The summed E-state index contributed by atoms with van der Waals surface area (Å²) >= 11 is 6.03. The summed E-state index contributed by atoms with van der Waals surface area (Å²) in [6.07, 6.45) is 2.88. The molecule has 0 aromatic heterocycles. The van der Waals surface area contributed by atoms with Crippen LogP contribution in [0, 0.1) is 12.8 Å². The van der Waals surface area contributed by atoms with E-state index >= 15 is 0 Å². The summed E-state index contributed by atoms with van der Waals surface area (Å²) in [4.78, 5) is 24.9. The second-order valence-corrected chi connectivity index (χ2v) is 5.64. The van der Waals surface area contributed by atoms with Crippen molar-refractivity contribution in [3.8, 4) is 0 Å². The van der Waals surface area contributed by atoms with Crippen molar-refractivity contribution >= 4 is 29.5 Å². The lowest BCUT2D eigenvalue weighted by atomic mass is 10.00. The first-order chi connectivity index (χ1) is 9.60. The minimum Gasteiger partial charge on any atom is -0.325 e. The summed E-state index contributed by atoms with van der Waals surface area (Å²) in [6, 6.07) is 5.45. The first-order valence-corrected chi connectivity index (χ1v) is 7.20. The smallest absolute Gasteiger partial charge is 0.238 e. The number of anilines is 1. The standard InChI is InChI=1S/C15H19ClN2O2/c1-11-13(16)5-2-6-14(11)17-15(20)9-18-7-3-4-12(8-18)10-19/h2,5-6,10,12H,3-4,7-9H2,1H3,(H,17,20). The lowest BCUT2D eigenvalue weighted by molar-refractivity contribution is -0.119. The van der Waals surface area contributed by atoms with Crippen LogP contribution >= 0.6 is 11.6 Å². The zero-order valence-corrected chi connectivity index (χ0v) is 12.3. The molecule has 1 saturated heterocycles. The van der Waals surface area contributed by atoms with Gasteiger partial charge in [0.05, 0.1) is 6.54 Å². The topological polar surface area (TPSA) is 49.4 Å². The van der Waals surface area contributed by atoms with Crippen molar-refractivity contribution in [1.29, 1.82) is 0 Å². The highest BCUT2D eigenvalue weighted by molar-refractivity contribution is 6.31. The van der Waals surface area contributed by atoms with Gasteiger partial charge in [0, 0.05) is 23.2 Å². The minimum atomic E-state index is -0.0677. The molecular weight excluding hydrogens is 276 g/mol. The van der Waals surface area contributed by atoms with E-state index in [0.29, 0.717) is 18.1 Å². The Morgan fingerprint density at radius 1 is 1.55 bits per heavy atom.